The van der Waals surface area contributed by atoms with Crippen LogP contribution in [0.1, 0.15) is 17.8 Å². The number of aromatic nitrogens is 2. The molecule has 0 radical (unpaired) electrons. The van der Waals surface area contributed by atoms with E-state index in [4.69, 9.17) is 0 Å². The zero-order valence-electron chi connectivity index (χ0n) is 8.60. The SMILES string of the molecule is Cc1nnc(SCC(=O)N2CCCC2)s1. The Morgan fingerprint density at radius 1 is 1.47 bits per heavy atom. The molecule has 0 atom stereocenters. The van der Waals surface area contributed by atoms with Crippen LogP contribution in [-0.2, 0) is 4.79 Å². The molecule has 6 heteroatoms. The Morgan fingerprint density at radius 2 is 2.20 bits per heavy atom. The van der Waals surface area contributed by atoms with Gasteiger partial charge in [0, 0.05) is 13.1 Å². The number of carbonyl (C=O) groups excluding carboxylic acids is 1. The largest absolute Gasteiger partial charge is 0.342 e. The maximum Gasteiger partial charge on any atom is 0.233 e. The minimum Gasteiger partial charge on any atom is -0.342 e. The van der Waals surface area contributed by atoms with E-state index in [1.165, 1.54) is 11.8 Å². The maximum absolute atomic E-state index is 11.7. The van der Waals surface area contributed by atoms with E-state index in [-0.39, 0.29) is 5.91 Å². The first-order valence-electron chi connectivity index (χ1n) is 4.96. The third-order valence-corrected chi connectivity index (χ3v) is 4.24. The van der Waals surface area contributed by atoms with E-state index < -0.39 is 0 Å². The van der Waals surface area contributed by atoms with Crippen molar-refractivity contribution in [1.29, 1.82) is 0 Å². The van der Waals surface area contributed by atoms with Crippen LogP contribution >= 0.6 is 23.1 Å². The minimum absolute atomic E-state index is 0.227. The van der Waals surface area contributed by atoms with Crippen LogP contribution in [0.2, 0.25) is 0 Å². The van der Waals surface area contributed by atoms with Crippen LogP contribution in [0.25, 0.3) is 0 Å². The summed E-state index contributed by atoms with van der Waals surface area (Å²) in [6.45, 7) is 3.77. The van der Waals surface area contributed by atoms with Crippen molar-refractivity contribution in [2.24, 2.45) is 0 Å². The van der Waals surface area contributed by atoms with Crippen molar-refractivity contribution < 1.29 is 4.79 Å². The summed E-state index contributed by atoms with van der Waals surface area (Å²) in [4.78, 5) is 13.6. The molecule has 0 saturated carbocycles. The highest BCUT2D eigenvalue weighted by molar-refractivity contribution is 8.01. The lowest BCUT2D eigenvalue weighted by Crippen LogP contribution is -2.29. The summed E-state index contributed by atoms with van der Waals surface area (Å²) in [7, 11) is 0. The van der Waals surface area contributed by atoms with Crippen LogP contribution in [0.4, 0.5) is 0 Å². The van der Waals surface area contributed by atoms with E-state index in [9.17, 15) is 4.79 Å². The Labute approximate surface area is 97.1 Å². The van der Waals surface area contributed by atoms with Gasteiger partial charge >= 0.3 is 0 Å². The van der Waals surface area contributed by atoms with Gasteiger partial charge in [-0.05, 0) is 19.8 Å². The zero-order valence-corrected chi connectivity index (χ0v) is 10.2. The van der Waals surface area contributed by atoms with Crippen molar-refractivity contribution in [2.75, 3.05) is 18.8 Å². The highest BCUT2D eigenvalue weighted by Crippen LogP contribution is 2.22. The molecule has 1 saturated heterocycles. The second-order valence-electron chi connectivity index (χ2n) is 3.46. The fraction of sp³-hybridized carbons (Fsp3) is 0.667. The average Bonchev–Trinajstić information content (AvgIpc) is 2.84. The normalized spacial score (nSPS) is 15.9. The van der Waals surface area contributed by atoms with Crippen LogP contribution in [-0.4, -0.2) is 39.8 Å². The van der Waals surface area contributed by atoms with Gasteiger partial charge < -0.3 is 4.90 Å². The van der Waals surface area contributed by atoms with Gasteiger partial charge in [-0.2, -0.15) is 0 Å². The second kappa shape index (κ2) is 4.94. The Hall–Kier alpha value is -0.620. The van der Waals surface area contributed by atoms with Gasteiger partial charge in [0.15, 0.2) is 4.34 Å². The summed E-state index contributed by atoms with van der Waals surface area (Å²) in [6, 6.07) is 0. The molecule has 1 amide bonds. The molecule has 2 rings (SSSR count). The van der Waals surface area contributed by atoms with Gasteiger partial charge in [0.25, 0.3) is 0 Å². The van der Waals surface area contributed by atoms with E-state index in [0.29, 0.717) is 5.75 Å². The van der Waals surface area contributed by atoms with E-state index in [2.05, 4.69) is 10.2 Å². The molecular weight excluding hydrogens is 230 g/mol. The first-order chi connectivity index (χ1) is 7.25. The number of amides is 1. The van der Waals surface area contributed by atoms with E-state index in [0.717, 1.165) is 35.3 Å². The number of rotatable bonds is 3. The molecule has 1 aliphatic rings. The van der Waals surface area contributed by atoms with Gasteiger partial charge in [-0.3, -0.25) is 4.79 Å². The van der Waals surface area contributed by atoms with Crippen molar-refractivity contribution >= 4 is 29.0 Å². The number of thioether (sulfide) groups is 1. The number of nitrogens with zero attached hydrogens (tertiary/aromatic N) is 3. The van der Waals surface area contributed by atoms with Crippen LogP contribution in [0, 0.1) is 6.92 Å². The predicted octanol–water partition coefficient (Wildman–Crippen LogP) is 1.56. The maximum atomic E-state index is 11.7. The summed E-state index contributed by atoms with van der Waals surface area (Å²) < 4.78 is 0.889. The Morgan fingerprint density at radius 3 is 2.80 bits per heavy atom. The molecule has 1 aliphatic heterocycles. The van der Waals surface area contributed by atoms with Crippen molar-refractivity contribution in [3.63, 3.8) is 0 Å². The summed E-state index contributed by atoms with van der Waals surface area (Å²) in [6.07, 6.45) is 2.29. The van der Waals surface area contributed by atoms with Crippen molar-refractivity contribution in [3.8, 4) is 0 Å². The van der Waals surface area contributed by atoms with E-state index >= 15 is 0 Å². The third kappa shape index (κ3) is 2.92. The Balaban J connectivity index is 1.80. The fourth-order valence-electron chi connectivity index (χ4n) is 1.52. The average molecular weight is 243 g/mol. The smallest absolute Gasteiger partial charge is 0.233 e. The Kier molecular flexibility index (Phi) is 3.58. The highest BCUT2D eigenvalue weighted by Gasteiger charge is 2.18. The van der Waals surface area contributed by atoms with Crippen LogP contribution in [0.5, 0.6) is 0 Å². The number of aryl methyl sites for hydroxylation is 1. The highest BCUT2D eigenvalue weighted by atomic mass is 32.2. The molecule has 1 aromatic rings. The monoisotopic (exact) mass is 243 g/mol. The van der Waals surface area contributed by atoms with Crippen LogP contribution < -0.4 is 0 Å². The standard InChI is InChI=1S/C9H13N3OS2/c1-7-10-11-9(15-7)14-6-8(13)12-4-2-3-5-12/h2-6H2,1H3. The lowest BCUT2D eigenvalue weighted by molar-refractivity contribution is -0.127. The quantitative estimate of drug-likeness (QED) is 0.756. The van der Waals surface area contributed by atoms with Gasteiger partial charge in [0.05, 0.1) is 5.75 Å². The molecule has 0 N–H and O–H groups in total. The molecule has 1 fully saturated rings. The molecule has 15 heavy (non-hydrogen) atoms. The van der Waals surface area contributed by atoms with E-state index in [1.54, 1.807) is 11.3 Å². The molecule has 4 nitrogen and oxygen atoms in total. The molecule has 1 aromatic heterocycles. The summed E-state index contributed by atoms with van der Waals surface area (Å²) in [5.74, 6) is 0.722. The zero-order chi connectivity index (χ0) is 10.7. The minimum atomic E-state index is 0.227. The lowest BCUT2D eigenvalue weighted by atomic mass is 10.4. The third-order valence-electron chi connectivity index (χ3n) is 2.29. The van der Waals surface area contributed by atoms with Crippen LogP contribution in [0.3, 0.4) is 0 Å². The molecule has 0 aliphatic carbocycles. The molecule has 0 spiro atoms. The number of hydrogen-bond acceptors (Lipinski definition) is 5. The molecular formula is C9H13N3OS2. The van der Waals surface area contributed by atoms with Gasteiger partial charge in [0.2, 0.25) is 5.91 Å². The molecule has 82 valence electrons. The van der Waals surface area contributed by atoms with Gasteiger partial charge in [-0.15, -0.1) is 10.2 Å². The van der Waals surface area contributed by atoms with Gasteiger partial charge in [-0.25, -0.2) is 0 Å². The van der Waals surface area contributed by atoms with Crippen molar-refractivity contribution in [2.45, 2.75) is 24.1 Å². The first-order valence-corrected chi connectivity index (χ1v) is 6.76. The number of hydrogen-bond donors (Lipinski definition) is 0. The van der Waals surface area contributed by atoms with Crippen molar-refractivity contribution in [1.82, 2.24) is 15.1 Å². The number of likely N-dealkylation sites (tertiary alicyclic amines) is 1. The molecule has 0 unspecified atom stereocenters. The first kappa shape index (κ1) is 10.9. The lowest BCUT2D eigenvalue weighted by Gasteiger charge is -2.13. The molecule has 0 aromatic carbocycles. The second-order valence-corrected chi connectivity index (χ2v) is 5.87. The van der Waals surface area contributed by atoms with Gasteiger partial charge in [0.1, 0.15) is 5.01 Å². The molecule has 0 bridgehead atoms. The van der Waals surface area contributed by atoms with Gasteiger partial charge in [-0.1, -0.05) is 23.1 Å². The number of carbonyl (C=O) groups is 1. The van der Waals surface area contributed by atoms with Crippen molar-refractivity contribution in [3.05, 3.63) is 5.01 Å². The topological polar surface area (TPSA) is 46.1 Å². The predicted molar refractivity (Wildman–Crippen MR) is 61.2 cm³/mol. The Bertz CT molecular complexity index is 347. The molecule has 2 heterocycles. The van der Waals surface area contributed by atoms with Crippen LogP contribution in [0.15, 0.2) is 4.34 Å². The summed E-state index contributed by atoms with van der Waals surface area (Å²) in [5.41, 5.74) is 0. The van der Waals surface area contributed by atoms with E-state index in [1.807, 2.05) is 11.8 Å². The summed E-state index contributed by atoms with van der Waals surface area (Å²) in [5, 5.41) is 8.84. The fourth-order valence-corrected chi connectivity index (χ4v) is 3.24. The summed E-state index contributed by atoms with van der Waals surface area (Å²) >= 11 is 3.03.